The molecule has 0 fully saturated rings. The molecule has 5 nitrogen and oxygen atoms in total. The number of benzene rings is 2. The molecule has 21 heavy (non-hydrogen) atoms. The zero-order chi connectivity index (χ0) is 14.2. The maximum atomic E-state index is 5.85. The molecule has 0 radical (unpaired) electrons. The van der Waals surface area contributed by atoms with Crippen molar-refractivity contribution in [2.24, 2.45) is 0 Å². The number of anilines is 3. The molecule has 102 valence electrons. The van der Waals surface area contributed by atoms with E-state index in [1.165, 1.54) is 5.39 Å². The molecular formula is C16H13N5. The van der Waals surface area contributed by atoms with E-state index in [1.54, 1.807) is 12.4 Å². The van der Waals surface area contributed by atoms with E-state index in [9.17, 15) is 0 Å². The second kappa shape index (κ2) is 4.49. The molecule has 0 aliphatic heterocycles. The van der Waals surface area contributed by atoms with Crippen LogP contribution in [0.1, 0.15) is 0 Å². The van der Waals surface area contributed by atoms with Crippen LogP contribution in [0.4, 0.5) is 17.3 Å². The first-order valence-corrected chi connectivity index (χ1v) is 6.65. The number of nitrogens with zero attached hydrogens (tertiary/aromatic N) is 3. The summed E-state index contributed by atoms with van der Waals surface area (Å²) >= 11 is 0. The van der Waals surface area contributed by atoms with E-state index >= 15 is 0 Å². The van der Waals surface area contributed by atoms with Crippen molar-refractivity contribution in [3.63, 3.8) is 0 Å². The van der Waals surface area contributed by atoms with Crippen molar-refractivity contribution in [3.05, 3.63) is 61.1 Å². The molecule has 3 N–H and O–H groups in total. The number of fused-ring (bicyclic) bond motifs is 2. The fourth-order valence-electron chi connectivity index (χ4n) is 2.50. The fraction of sp³-hybridized carbons (Fsp3) is 0. The summed E-state index contributed by atoms with van der Waals surface area (Å²) in [6.45, 7) is 0. The first kappa shape index (κ1) is 11.7. The molecule has 4 rings (SSSR count). The number of imidazole rings is 1. The summed E-state index contributed by atoms with van der Waals surface area (Å²) in [6.07, 6.45) is 5.32. The van der Waals surface area contributed by atoms with E-state index in [4.69, 9.17) is 5.73 Å². The summed E-state index contributed by atoms with van der Waals surface area (Å²) in [6, 6.07) is 14.3. The third-order valence-corrected chi connectivity index (χ3v) is 3.44. The van der Waals surface area contributed by atoms with Gasteiger partial charge in [0.25, 0.3) is 0 Å². The standard InChI is InChI=1S/C16H13N5/c17-14-10-21-9-8-18-16(21)15(20-14)19-13-7-3-5-11-4-1-2-6-12(11)13/h1-10H,17H2,(H,19,20). The minimum atomic E-state index is 0.447. The molecule has 0 spiro atoms. The summed E-state index contributed by atoms with van der Waals surface area (Å²) in [5.41, 5.74) is 7.58. The number of rotatable bonds is 2. The molecule has 0 saturated heterocycles. The largest absolute Gasteiger partial charge is 0.382 e. The van der Waals surface area contributed by atoms with Gasteiger partial charge in [0.15, 0.2) is 11.5 Å². The Morgan fingerprint density at radius 1 is 1.05 bits per heavy atom. The lowest BCUT2D eigenvalue weighted by atomic mass is 10.1. The normalized spacial score (nSPS) is 11.0. The summed E-state index contributed by atoms with van der Waals surface area (Å²) in [4.78, 5) is 8.68. The Morgan fingerprint density at radius 3 is 2.86 bits per heavy atom. The van der Waals surface area contributed by atoms with Crippen LogP contribution in [0.15, 0.2) is 61.1 Å². The van der Waals surface area contributed by atoms with Crippen molar-refractivity contribution in [1.82, 2.24) is 14.4 Å². The smallest absolute Gasteiger partial charge is 0.180 e. The predicted octanol–water partition coefficient (Wildman–Crippen LogP) is 3.21. The van der Waals surface area contributed by atoms with Crippen molar-refractivity contribution < 1.29 is 0 Å². The fourth-order valence-corrected chi connectivity index (χ4v) is 2.50. The average Bonchev–Trinajstić information content (AvgIpc) is 2.96. The Morgan fingerprint density at radius 2 is 1.90 bits per heavy atom. The zero-order valence-corrected chi connectivity index (χ0v) is 11.2. The van der Waals surface area contributed by atoms with Gasteiger partial charge in [0.2, 0.25) is 0 Å². The number of nitrogen functional groups attached to an aromatic ring is 1. The van der Waals surface area contributed by atoms with E-state index in [2.05, 4.69) is 33.5 Å². The van der Waals surface area contributed by atoms with Gasteiger partial charge in [-0.05, 0) is 11.5 Å². The third-order valence-electron chi connectivity index (χ3n) is 3.44. The van der Waals surface area contributed by atoms with Crippen molar-refractivity contribution in [2.75, 3.05) is 11.1 Å². The van der Waals surface area contributed by atoms with Gasteiger partial charge in [0.1, 0.15) is 5.82 Å². The highest BCUT2D eigenvalue weighted by Crippen LogP contribution is 2.27. The molecule has 0 saturated carbocycles. The summed E-state index contributed by atoms with van der Waals surface area (Å²) in [7, 11) is 0. The van der Waals surface area contributed by atoms with Crippen LogP contribution in [-0.4, -0.2) is 14.4 Å². The summed E-state index contributed by atoms with van der Waals surface area (Å²) in [5.74, 6) is 1.10. The highest BCUT2D eigenvalue weighted by Gasteiger charge is 2.08. The molecule has 2 aromatic heterocycles. The van der Waals surface area contributed by atoms with Gasteiger partial charge in [-0.2, -0.15) is 0 Å². The van der Waals surface area contributed by atoms with Crippen LogP contribution in [0.25, 0.3) is 16.4 Å². The maximum Gasteiger partial charge on any atom is 0.180 e. The minimum absolute atomic E-state index is 0.447. The Hall–Kier alpha value is -3.08. The van der Waals surface area contributed by atoms with Gasteiger partial charge < -0.3 is 15.5 Å². The molecule has 0 unspecified atom stereocenters. The molecule has 0 aliphatic carbocycles. The predicted molar refractivity (Wildman–Crippen MR) is 84.6 cm³/mol. The molecule has 0 atom stereocenters. The molecule has 0 aliphatic rings. The molecule has 0 amide bonds. The zero-order valence-electron chi connectivity index (χ0n) is 11.2. The van der Waals surface area contributed by atoms with Crippen LogP contribution in [0.3, 0.4) is 0 Å². The maximum absolute atomic E-state index is 5.85. The Balaban J connectivity index is 1.89. The van der Waals surface area contributed by atoms with Crippen LogP contribution in [0.2, 0.25) is 0 Å². The van der Waals surface area contributed by atoms with E-state index in [0.29, 0.717) is 11.6 Å². The quantitative estimate of drug-likeness (QED) is 0.589. The van der Waals surface area contributed by atoms with Crippen molar-refractivity contribution in [3.8, 4) is 0 Å². The van der Waals surface area contributed by atoms with E-state index in [1.807, 2.05) is 34.9 Å². The number of hydrogen-bond donors (Lipinski definition) is 2. The minimum Gasteiger partial charge on any atom is -0.382 e. The van der Waals surface area contributed by atoms with Gasteiger partial charge in [0.05, 0.1) is 6.20 Å². The van der Waals surface area contributed by atoms with E-state index in [-0.39, 0.29) is 0 Å². The molecular weight excluding hydrogens is 262 g/mol. The van der Waals surface area contributed by atoms with Crippen LogP contribution in [0.5, 0.6) is 0 Å². The Labute approximate surface area is 121 Å². The molecule has 0 bridgehead atoms. The number of hydrogen-bond acceptors (Lipinski definition) is 4. The molecule has 5 heteroatoms. The van der Waals surface area contributed by atoms with E-state index < -0.39 is 0 Å². The lowest BCUT2D eigenvalue weighted by molar-refractivity contribution is 1.14. The third kappa shape index (κ3) is 1.95. The van der Waals surface area contributed by atoms with Crippen LogP contribution < -0.4 is 11.1 Å². The monoisotopic (exact) mass is 275 g/mol. The first-order valence-electron chi connectivity index (χ1n) is 6.65. The van der Waals surface area contributed by atoms with Crippen molar-refractivity contribution in [1.29, 1.82) is 0 Å². The number of nitrogens with two attached hydrogens (primary N) is 1. The van der Waals surface area contributed by atoms with Crippen LogP contribution >= 0.6 is 0 Å². The van der Waals surface area contributed by atoms with Crippen LogP contribution in [-0.2, 0) is 0 Å². The lowest BCUT2D eigenvalue weighted by Crippen LogP contribution is -2.02. The van der Waals surface area contributed by atoms with Gasteiger partial charge in [-0.3, -0.25) is 0 Å². The van der Waals surface area contributed by atoms with Crippen molar-refractivity contribution in [2.45, 2.75) is 0 Å². The van der Waals surface area contributed by atoms with Crippen molar-refractivity contribution >= 4 is 33.7 Å². The second-order valence-electron chi connectivity index (χ2n) is 4.82. The molecule has 4 aromatic rings. The second-order valence-corrected chi connectivity index (χ2v) is 4.82. The summed E-state index contributed by atoms with van der Waals surface area (Å²) in [5, 5.41) is 5.65. The first-order chi connectivity index (χ1) is 10.3. The lowest BCUT2D eigenvalue weighted by Gasteiger charge is -2.10. The highest BCUT2D eigenvalue weighted by atomic mass is 15.1. The number of aromatic nitrogens is 3. The van der Waals surface area contributed by atoms with Gasteiger partial charge in [0, 0.05) is 23.5 Å². The van der Waals surface area contributed by atoms with Gasteiger partial charge in [-0.15, -0.1) is 0 Å². The summed E-state index contributed by atoms with van der Waals surface area (Å²) < 4.78 is 1.86. The Kier molecular flexibility index (Phi) is 2.50. The van der Waals surface area contributed by atoms with E-state index in [0.717, 1.165) is 16.7 Å². The highest BCUT2D eigenvalue weighted by molar-refractivity contribution is 5.96. The molecule has 2 heterocycles. The molecule has 2 aromatic carbocycles. The van der Waals surface area contributed by atoms with Crippen LogP contribution in [0, 0.1) is 0 Å². The van der Waals surface area contributed by atoms with Gasteiger partial charge in [-0.1, -0.05) is 36.4 Å². The van der Waals surface area contributed by atoms with Gasteiger partial charge in [-0.25, -0.2) is 9.97 Å². The van der Waals surface area contributed by atoms with Gasteiger partial charge >= 0.3 is 0 Å². The Bertz CT molecular complexity index is 936. The average molecular weight is 275 g/mol. The SMILES string of the molecule is Nc1cn2ccnc2c(Nc2cccc3ccccc23)n1. The topological polar surface area (TPSA) is 68.2 Å². The number of nitrogens with one attached hydrogen (secondary N) is 1.